The van der Waals surface area contributed by atoms with Crippen molar-refractivity contribution < 1.29 is 6.15 Å². The monoisotopic (exact) mass is 642 g/mol. The van der Waals surface area contributed by atoms with Gasteiger partial charge in [-0.2, -0.15) is 0 Å². The second-order valence-corrected chi connectivity index (χ2v) is 33.4. The molecule has 0 aliphatic heterocycles. The van der Waals surface area contributed by atoms with Crippen LogP contribution < -0.4 is 0 Å². The second kappa shape index (κ2) is 21.1. The van der Waals surface area contributed by atoms with E-state index >= 15 is 0 Å². The molecule has 2 nitrogen and oxygen atoms in total. The van der Waals surface area contributed by atoms with Gasteiger partial charge in [0.25, 0.3) is 0 Å². The topological polar surface area (TPSA) is 18.5 Å². The van der Waals surface area contributed by atoms with Crippen molar-refractivity contribution in [2.45, 2.75) is 145 Å². The maximum atomic E-state index is 6.96. The third-order valence-electron chi connectivity index (χ3n) is 6.82. The normalized spacial score (nSPS) is 12.6. The zero-order chi connectivity index (χ0) is 22.6. The van der Waals surface area contributed by atoms with Gasteiger partial charge in [0.1, 0.15) is 0 Å². The molecule has 0 N–H and O–H groups in total. The molecule has 182 valence electrons. The van der Waals surface area contributed by atoms with E-state index in [0.29, 0.717) is 0 Å². The molecule has 0 aromatic carbocycles. The van der Waals surface area contributed by atoms with Crippen molar-refractivity contribution in [2.24, 2.45) is 0 Å². The van der Waals surface area contributed by atoms with Gasteiger partial charge in [0.15, 0.2) is 0 Å². The molecule has 0 aromatic heterocycles. The van der Waals surface area contributed by atoms with Crippen molar-refractivity contribution in [3.8, 4) is 0 Å². The van der Waals surface area contributed by atoms with E-state index in [1.165, 1.54) is 104 Å². The summed E-state index contributed by atoms with van der Waals surface area (Å²) in [6.07, 6.45) is 16.2. The zero-order valence-corrected chi connectivity index (χ0v) is 27.7. The quantitative estimate of drug-likeness (QED) is 0.0819. The van der Waals surface area contributed by atoms with Gasteiger partial charge in [0, 0.05) is 0 Å². The predicted octanol–water partition coefficient (Wildman–Crippen LogP) is 9.71. The van der Waals surface area contributed by atoms with Crippen molar-refractivity contribution in [3.63, 3.8) is 0 Å². The Balaban J connectivity index is 5.02. The number of rotatable bonds is 23. The van der Waals surface area contributed by atoms with Crippen molar-refractivity contribution in [1.29, 1.82) is 0 Å². The van der Waals surface area contributed by atoms with Gasteiger partial charge < -0.3 is 0 Å². The summed E-state index contributed by atoms with van der Waals surface area (Å²) in [7, 11) is 0. The minimum atomic E-state index is -2.46. The molecule has 0 bridgehead atoms. The summed E-state index contributed by atoms with van der Waals surface area (Å²) in [6, 6.07) is 0. The molecule has 0 aliphatic rings. The van der Waals surface area contributed by atoms with Crippen LogP contribution in [0.15, 0.2) is 0 Å². The molecular formula is C26H58O2Sn2. The van der Waals surface area contributed by atoms with Gasteiger partial charge in [0.05, 0.1) is 0 Å². The van der Waals surface area contributed by atoms with Crippen LogP contribution in [0.3, 0.4) is 0 Å². The van der Waals surface area contributed by atoms with Gasteiger partial charge in [-0.25, -0.2) is 0 Å². The molecular weight excluding hydrogens is 582 g/mol. The standard InChI is InChI=1S/6C4H9.C2H4O2.2Sn/c6*1-3-4-2;3-1-2-4;;/h6*1,3-4H2,2H3;1-2H2;;/q;;;;;;-2;2*+1. The fourth-order valence-electron chi connectivity index (χ4n) is 4.69. The Bertz CT molecular complexity index is 285. The fraction of sp³-hybridized carbons (Fsp3) is 1.00. The molecule has 0 aliphatic carbocycles. The molecule has 0 unspecified atom stereocenters. The maximum absolute atomic E-state index is 6.96. The summed E-state index contributed by atoms with van der Waals surface area (Å²) in [6.45, 7) is 15.9. The van der Waals surface area contributed by atoms with Crippen molar-refractivity contribution >= 4 is 37.6 Å². The van der Waals surface area contributed by atoms with Crippen LogP contribution in [0.25, 0.3) is 0 Å². The van der Waals surface area contributed by atoms with E-state index in [0.717, 1.165) is 13.2 Å². The Morgan fingerprint density at radius 1 is 0.367 bits per heavy atom. The molecule has 0 heterocycles. The average molecular weight is 640 g/mol. The van der Waals surface area contributed by atoms with Gasteiger partial charge in [-0.15, -0.1) is 0 Å². The van der Waals surface area contributed by atoms with E-state index < -0.39 is 37.6 Å². The molecule has 30 heavy (non-hydrogen) atoms. The first kappa shape index (κ1) is 31.5. The van der Waals surface area contributed by atoms with Gasteiger partial charge >= 0.3 is 202 Å². The van der Waals surface area contributed by atoms with E-state index in [1.807, 2.05) is 0 Å². The van der Waals surface area contributed by atoms with Crippen molar-refractivity contribution in [3.05, 3.63) is 0 Å². The Morgan fingerprint density at radius 3 is 0.733 bits per heavy atom. The van der Waals surface area contributed by atoms with E-state index in [4.69, 9.17) is 6.15 Å². The Kier molecular flexibility index (Phi) is 22.1. The van der Waals surface area contributed by atoms with Crippen LogP contribution in [0.5, 0.6) is 0 Å². The second-order valence-electron chi connectivity index (χ2n) is 9.68. The molecule has 0 atom stereocenters. The third-order valence-corrected chi connectivity index (χ3v) is 33.1. The summed E-state index contributed by atoms with van der Waals surface area (Å²) in [5.41, 5.74) is 0. The van der Waals surface area contributed by atoms with E-state index in [1.54, 1.807) is 0 Å². The summed E-state index contributed by atoms with van der Waals surface area (Å²) >= 11 is -4.91. The average Bonchev–Trinajstić information content (AvgIpc) is 2.77. The molecule has 4 heteroatoms. The summed E-state index contributed by atoms with van der Waals surface area (Å²) < 4.78 is 22.6. The first-order valence-electron chi connectivity index (χ1n) is 13.8. The molecule has 0 amide bonds. The van der Waals surface area contributed by atoms with Crippen LogP contribution in [0.4, 0.5) is 0 Å². The number of hydrogen-bond acceptors (Lipinski definition) is 2. The molecule has 0 rings (SSSR count). The minimum absolute atomic E-state index is 0.913. The molecule has 0 saturated carbocycles. The predicted molar refractivity (Wildman–Crippen MR) is 142 cm³/mol. The van der Waals surface area contributed by atoms with E-state index in [9.17, 15) is 0 Å². The molecule has 0 spiro atoms. The number of hydrogen-bond donors (Lipinski definition) is 0. The van der Waals surface area contributed by atoms with Gasteiger partial charge in [0.2, 0.25) is 0 Å². The third kappa shape index (κ3) is 14.6. The molecule has 0 saturated heterocycles. The van der Waals surface area contributed by atoms with Crippen LogP contribution >= 0.6 is 0 Å². The van der Waals surface area contributed by atoms with Gasteiger partial charge in [-0.05, 0) is 0 Å². The zero-order valence-electron chi connectivity index (χ0n) is 22.0. The van der Waals surface area contributed by atoms with Crippen LogP contribution in [0, 0.1) is 0 Å². The van der Waals surface area contributed by atoms with Crippen LogP contribution in [-0.2, 0) is 6.15 Å². The van der Waals surface area contributed by atoms with Crippen molar-refractivity contribution in [2.75, 3.05) is 13.2 Å². The summed E-state index contributed by atoms with van der Waals surface area (Å²) in [5, 5.41) is 0. The van der Waals surface area contributed by atoms with E-state index in [-0.39, 0.29) is 0 Å². The van der Waals surface area contributed by atoms with Crippen LogP contribution in [0.2, 0.25) is 26.6 Å². The summed E-state index contributed by atoms with van der Waals surface area (Å²) in [4.78, 5) is 0. The Labute approximate surface area is 200 Å². The first-order chi connectivity index (χ1) is 14.6. The summed E-state index contributed by atoms with van der Waals surface area (Å²) in [5.74, 6) is 0. The SMILES string of the molecule is CCC[CH2][Sn]([CH2]CCC)([CH2]CCC)[O]CC[O][Sn]([CH2]CCC)([CH2]CCC)[CH2]CCC. The molecule has 0 radical (unpaired) electrons. The first-order valence-corrected chi connectivity index (χ1v) is 28.3. The van der Waals surface area contributed by atoms with Crippen LogP contribution in [0.1, 0.15) is 119 Å². The Morgan fingerprint density at radius 2 is 0.567 bits per heavy atom. The Hall–Kier alpha value is 1.52. The fourth-order valence-corrected chi connectivity index (χ4v) is 31.5. The molecule has 0 aromatic rings. The van der Waals surface area contributed by atoms with Gasteiger partial charge in [-0.3, -0.25) is 0 Å². The van der Waals surface area contributed by atoms with Gasteiger partial charge in [-0.1, -0.05) is 0 Å². The number of unbranched alkanes of at least 4 members (excludes halogenated alkanes) is 6. The molecule has 0 fully saturated rings. The van der Waals surface area contributed by atoms with E-state index in [2.05, 4.69) is 41.5 Å². The van der Waals surface area contributed by atoms with Crippen molar-refractivity contribution in [1.82, 2.24) is 0 Å². The van der Waals surface area contributed by atoms with Crippen LogP contribution in [-0.4, -0.2) is 50.8 Å².